The van der Waals surface area contributed by atoms with Gasteiger partial charge >= 0.3 is 0 Å². The zero-order chi connectivity index (χ0) is 33.1. The molecule has 0 unspecified atom stereocenters. The normalized spacial score (nSPS) is 13.7. The smallest absolute Gasteiger partial charge is 0.129 e. The zero-order valence-electron chi connectivity index (χ0n) is 28.7. The summed E-state index contributed by atoms with van der Waals surface area (Å²) in [5.41, 5.74) is 11.8. The van der Waals surface area contributed by atoms with Crippen molar-refractivity contribution in [2.75, 3.05) is 0 Å². The second-order valence-electron chi connectivity index (χ2n) is 15.0. The minimum atomic E-state index is -0.640. The third-order valence-corrected chi connectivity index (χ3v) is 9.48. The number of hydrogen-bond donors (Lipinski definition) is 0. The average Bonchev–Trinajstić information content (AvgIpc) is 3.54. The van der Waals surface area contributed by atoms with E-state index in [2.05, 4.69) is 146 Å². The number of nitrogens with zero attached hydrogens (tertiary/aromatic N) is 3. The molecular formula is C43H43N3O. The quantitative estimate of drug-likeness (QED) is 0.193. The van der Waals surface area contributed by atoms with Gasteiger partial charge in [-0.3, -0.25) is 4.98 Å². The fourth-order valence-electron chi connectivity index (χ4n) is 7.08. The van der Waals surface area contributed by atoms with E-state index in [4.69, 9.17) is 14.8 Å². The molecule has 4 aromatic carbocycles. The van der Waals surface area contributed by atoms with Gasteiger partial charge in [-0.15, -0.1) is 0 Å². The topological polar surface area (TPSA) is 39.9 Å². The number of aromatic nitrogens is 3. The molecule has 0 fully saturated rings. The van der Waals surface area contributed by atoms with Crippen LogP contribution < -0.4 is 4.74 Å². The summed E-state index contributed by atoms with van der Waals surface area (Å²) in [7, 11) is 0. The number of fused-ring (bicyclic) bond motifs is 3. The van der Waals surface area contributed by atoms with Crippen molar-refractivity contribution in [3.63, 3.8) is 0 Å². The summed E-state index contributed by atoms with van der Waals surface area (Å²) in [6.07, 6.45) is 1.98. The van der Waals surface area contributed by atoms with Crippen molar-refractivity contribution in [3.8, 4) is 28.3 Å². The highest BCUT2D eigenvalue weighted by Gasteiger charge is 2.48. The molecule has 4 heteroatoms. The summed E-state index contributed by atoms with van der Waals surface area (Å²) in [6.45, 7) is 17.7. The molecule has 1 aliphatic rings. The molecule has 7 rings (SSSR count). The van der Waals surface area contributed by atoms with Crippen molar-refractivity contribution in [2.24, 2.45) is 0 Å². The van der Waals surface area contributed by atoms with Crippen molar-refractivity contribution in [1.29, 1.82) is 0 Å². The van der Waals surface area contributed by atoms with Crippen LogP contribution in [0.3, 0.4) is 0 Å². The van der Waals surface area contributed by atoms with Gasteiger partial charge in [-0.05, 0) is 106 Å². The molecule has 0 atom stereocenters. The third-order valence-electron chi connectivity index (χ3n) is 9.48. The first-order chi connectivity index (χ1) is 22.4. The summed E-state index contributed by atoms with van der Waals surface area (Å²) < 4.78 is 8.76. The number of hydrogen-bond acceptors (Lipinski definition) is 3. The van der Waals surface area contributed by atoms with Crippen molar-refractivity contribution in [2.45, 2.75) is 71.6 Å². The second-order valence-corrected chi connectivity index (χ2v) is 15.0. The Hall–Kier alpha value is -4.96. The Balaban J connectivity index is 1.48. The number of rotatable bonds is 5. The number of aryl methyl sites for hydroxylation is 2. The van der Waals surface area contributed by atoms with Crippen molar-refractivity contribution in [3.05, 3.63) is 160 Å². The Bertz CT molecular complexity index is 2080. The van der Waals surface area contributed by atoms with Gasteiger partial charge in [-0.2, -0.15) is 5.10 Å². The van der Waals surface area contributed by atoms with Gasteiger partial charge in [0.15, 0.2) is 0 Å². The molecule has 4 nitrogen and oxygen atoms in total. The van der Waals surface area contributed by atoms with E-state index in [-0.39, 0.29) is 10.8 Å². The molecule has 0 amide bonds. The lowest BCUT2D eigenvalue weighted by Crippen LogP contribution is -2.31. The Morgan fingerprint density at radius 1 is 0.617 bits per heavy atom. The molecule has 2 heterocycles. The molecular weight excluding hydrogens is 574 g/mol. The largest absolute Gasteiger partial charge is 0.457 e. The van der Waals surface area contributed by atoms with Gasteiger partial charge in [0.25, 0.3) is 0 Å². The van der Waals surface area contributed by atoms with E-state index in [9.17, 15) is 0 Å². The molecule has 0 saturated heterocycles. The highest BCUT2D eigenvalue weighted by molar-refractivity contribution is 5.86. The number of benzene rings is 4. The van der Waals surface area contributed by atoms with Crippen LogP contribution in [0.4, 0.5) is 0 Å². The fraction of sp³-hybridized carbons (Fsp3) is 0.256. The summed E-state index contributed by atoms with van der Waals surface area (Å²) in [6, 6.07) is 39.2. The molecule has 47 heavy (non-hydrogen) atoms. The fourth-order valence-corrected chi connectivity index (χ4v) is 7.08. The van der Waals surface area contributed by atoms with Gasteiger partial charge in [0, 0.05) is 18.0 Å². The Morgan fingerprint density at radius 2 is 1.28 bits per heavy atom. The first-order valence-corrected chi connectivity index (χ1v) is 16.5. The van der Waals surface area contributed by atoms with E-state index in [1.165, 1.54) is 33.4 Å². The van der Waals surface area contributed by atoms with Gasteiger partial charge in [0.05, 0.1) is 22.5 Å². The van der Waals surface area contributed by atoms with Gasteiger partial charge in [-0.25, -0.2) is 4.68 Å². The van der Waals surface area contributed by atoms with E-state index in [1.807, 2.05) is 29.9 Å². The highest BCUT2D eigenvalue weighted by Crippen LogP contribution is 2.56. The predicted molar refractivity (Wildman–Crippen MR) is 192 cm³/mol. The van der Waals surface area contributed by atoms with Crippen LogP contribution in [0.2, 0.25) is 0 Å². The summed E-state index contributed by atoms with van der Waals surface area (Å²) >= 11 is 0. The lowest BCUT2D eigenvalue weighted by atomic mass is 9.68. The standard InChI is InChI=1S/C43H43N3O/c1-28-22-29(2)46(45-28)33-14-13-15-34(27-33)47-35-24-31(42(6,7)8)23-32(25-35)43(40-26-30(20-21-44-40)41(3,4)5)38-18-11-9-16-36(38)37-17-10-12-19-39(37)43/h9-27H,1-8H3. The number of ether oxygens (including phenoxy) is 1. The predicted octanol–water partition coefficient (Wildman–Crippen LogP) is 10.6. The Kier molecular flexibility index (Phi) is 7.24. The van der Waals surface area contributed by atoms with Crippen molar-refractivity contribution in [1.82, 2.24) is 14.8 Å². The van der Waals surface area contributed by atoms with E-state index in [1.54, 1.807) is 0 Å². The molecule has 2 aromatic heterocycles. The minimum absolute atomic E-state index is 0.0332. The van der Waals surface area contributed by atoms with Crippen LogP contribution in [0.15, 0.2) is 115 Å². The lowest BCUT2D eigenvalue weighted by molar-refractivity contribution is 0.476. The minimum Gasteiger partial charge on any atom is -0.457 e. The summed E-state index contributed by atoms with van der Waals surface area (Å²) in [5.74, 6) is 1.56. The van der Waals surface area contributed by atoms with Crippen LogP contribution in [0.5, 0.6) is 11.5 Å². The van der Waals surface area contributed by atoms with E-state index < -0.39 is 5.41 Å². The monoisotopic (exact) mass is 617 g/mol. The second kappa shape index (κ2) is 11.1. The van der Waals surface area contributed by atoms with Gasteiger partial charge in [0.2, 0.25) is 0 Å². The van der Waals surface area contributed by atoms with E-state index >= 15 is 0 Å². The molecule has 6 aromatic rings. The van der Waals surface area contributed by atoms with Crippen LogP contribution in [-0.2, 0) is 16.2 Å². The van der Waals surface area contributed by atoms with Crippen LogP contribution in [0, 0.1) is 13.8 Å². The van der Waals surface area contributed by atoms with Crippen LogP contribution in [0.1, 0.15) is 86.4 Å². The van der Waals surface area contributed by atoms with Gasteiger partial charge in [0.1, 0.15) is 11.5 Å². The zero-order valence-corrected chi connectivity index (χ0v) is 28.7. The maximum Gasteiger partial charge on any atom is 0.129 e. The maximum absolute atomic E-state index is 6.80. The van der Waals surface area contributed by atoms with E-state index in [0.717, 1.165) is 39.8 Å². The molecule has 0 spiro atoms. The maximum atomic E-state index is 6.80. The Morgan fingerprint density at radius 3 is 1.89 bits per heavy atom. The SMILES string of the molecule is Cc1cc(C)n(-c2cccc(Oc3cc(C(C)(C)C)cc(C4(c5cc(C(C)(C)C)ccn5)c5ccccc5-c5ccccc54)c3)c2)n1. The van der Waals surface area contributed by atoms with Crippen LogP contribution in [0.25, 0.3) is 16.8 Å². The van der Waals surface area contributed by atoms with Crippen LogP contribution in [-0.4, -0.2) is 14.8 Å². The molecule has 0 bridgehead atoms. The molecule has 0 aliphatic heterocycles. The Labute approximate surface area is 279 Å². The first kappa shape index (κ1) is 30.7. The van der Waals surface area contributed by atoms with Crippen molar-refractivity contribution < 1.29 is 4.74 Å². The molecule has 0 saturated carbocycles. The molecule has 0 radical (unpaired) electrons. The van der Waals surface area contributed by atoms with E-state index in [0.29, 0.717) is 0 Å². The molecule has 1 aliphatic carbocycles. The van der Waals surface area contributed by atoms with Crippen LogP contribution >= 0.6 is 0 Å². The van der Waals surface area contributed by atoms with Gasteiger partial charge in [-0.1, -0.05) is 102 Å². The third kappa shape index (κ3) is 5.26. The first-order valence-electron chi connectivity index (χ1n) is 16.5. The molecule has 236 valence electrons. The summed E-state index contributed by atoms with van der Waals surface area (Å²) in [4.78, 5) is 5.19. The summed E-state index contributed by atoms with van der Waals surface area (Å²) in [5, 5.41) is 4.71. The average molecular weight is 618 g/mol. The van der Waals surface area contributed by atoms with Gasteiger partial charge < -0.3 is 4.74 Å². The van der Waals surface area contributed by atoms with Crippen molar-refractivity contribution >= 4 is 0 Å². The molecule has 0 N–H and O–H groups in total. The number of pyridine rings is 1. The lowest BCUT2D eigenvalue weighted by Gasteiger charge is -2.35. The highest BCUT2D eigenvalue weighted by atomic mass is 16.5.